The number of alkyl halides is 1. The first-order chi connectivity index (χ1) is 9.01. The highest BCUT2D eigenvalue weighted by atomic mass is 35.5. The van der Waals surface area contributed by atoms with E-state index in [1.807, 2.05) is 13.0 Å². The Morgan fingerprint density at radius 2 is 2.32 bits per heavy atom. The molecule has 0 spiro atoms. The van der Waals surface area contributed by atoms with Crippen molar-refractivity contribution in [1.29, 1.82) is 0 Å². The summed E-state index contributed by atoms with van der Waals surface area (Å²) < 4.78 is 0.734. The summed E-state index contributed by atoms with van der Waals surface area (Å²) in [5.41, 5.74) is 1.06. The highest BCUT2D eigenvalue weighted by Crippen LogP contribution is 2.30. The molecular weight excluding hydrogens is 305 g/mol. The molecule has 1 amide bonds. The lowest BCUT2D eigenvalue weighted by molar-refractivity contribution is -0.131. The van der Waals surface area contributed by atoms with E-state index in [2.05, 4.69) is 0 Å². The highest BCUT2D eigenvalue weighted by molar-refractivity contribution is 7.16. The van der Waals surface area contributed by atoms with Crippen LogP contribution in [0.2, 0.25) is 4.34 Å². The van der Waals surface area contributed by atoms with Gasteiger partial charge in [0, 0.05) is 17.5 Å². The Balaban J connectivity index is 2.14. The van der Waals surface area contributed by atoms with Gasteiger partial charge in [0.2, 0.25) is 5.91 Å². The van der Waals surface area contributed by atoms with Crippen LogP contribution in [0.5, 0.6) is 0 Å². The molecule has 0 saturated heterocycles. The molecule has 1 aliphatic rings. The van der Waals surface area contributed by atoms with Gasteiger partial charge in [0.1, 0.15) is 5.88 Å². The molecule has 0 aromatic carbocycles. The fourth-order valence-corrected chi connectivity index (χ4v) is 3.92. The van der Waals surface area contributed by atoms with Gasteiger partial charge in [0.25, 0.3) is 0 Å². The zero-order valence-electron chi connectivity index (χ0n) is 10.7. The minimum atomic E-state index is -0.303. The molecule has 19 heavy (non-hydrogen) atoms. The standard InChI is InChI=1S/C13H17Cl2NO2S/c1-8-9(4-12(15)19-8)7-16(13(18)6-14)10-2-3-11(17)5-10/h4,10-11,17H,2-3,5-7H2,1H3/t10-,11+/m0/s1. The predicted molar refractivity (Wildman–Crippen MR) is 79.0 cm³/mol. The molecule has 0 bridgehead atoms. The van der Waals surface area contributed by atoms with Crippen LogP contribution in [-0.2, 0) is 11.3 Å². The molecule has 0 unspecified atom stereocenters. The molecule has 0 aliphatic heterocycles. The maximum absolute atomic E-state index is 12.0. The molecule has 1 aromatic heterocycles. The number of carbonyl (C=O) groups is 1. The molecule has 3 nitrogen and oxygen atoms in total. The van der Waals surface area contributed by atoms with Crippen molar-refractivity contribution >= 4 is 40.4 Å². The van der Waals surface area contributed by atoms with Crippen molar-refractivity contribution in [1.82, 2.24) is 4.90 Å². The molecule has 6 heteroatoms. The number of carbonyl (C=O) groups excluding carboxylic acids is 1. The minimum Gasteiger partial charge on any atom is -0.393 e. The Morgan fingerprint density at radius 1 is 1.58 bits per heavy atom. The van der Waals surface area contributed by atoms with Gasteiger partial charge >= 0.3 is 0 Å². The van der Waals surface area contributed by atoms with Crippen LogP contribution < -0.4 is 0 Å². The summed E-state index contributed by atoms with van der Waals surface area (Å²) in [6.45, 7) is 2.52. The van der Waals surface area contributed by atoms with Gasteiger partial charge in [-0.3, -0.25) is 4.79 Å². The Morgan fingerprint density at radius 3 is 2.79 bits per heavy atom. The SMILES string of the molecule is Cc1sc(Cl)cc1CN(C(=O)CCl)[C@H]1CC[C@@H](O)C1. The van der Waals surface area contributed by atoms with Crippen molar-refractivity contribution < 1.29 is 9.90 Å². The number of halogens is 2. The monoisotopic (exact) mass is 321 g/mol. The molecule has 1 N–H and O–H groups in total. The van der Waals surface area contributed by atoms with Crippen LogP contribution in [0.4, 0.5) is 0 Å². The van der Waals surface area contributed by atoms with Crippen LogP contribution in [0.3, 0.4) is 0 Å². The summed E-state index contributed by atoms with van der Waals surface area (Å²) in [5, 5.41) is 9.64. The average Bonchev–Trinajstić information content (AvgIpc) is 2.91. The molecule has 2 atom stereocenters. The summed E-state index contributed by atoms with van der Waals surface area (Å²) in [6, 6.07) is 1.99. The Bertz CT molecular complexity index is 463. The average molecular weight is 322 g/mol. The lowest BCUT2D eigenvalue weighted by atomic mass is 10.1. The first kappa shape index (κ1) is 15.1. The number of aryl methyl sites for hydroxylation is 1. The van der Waals surface area contributed by atoms with Crippen molar-refractivity contribution in [3.05, 3.63) is 20.8 Å². The number of thiophene rings is 1. The van der Waals surface area contributed by atoms with Gasteiger partial charge in [-0.25, -0.2) is 0 Å². The van der Waals surface area contributed by atoms with Crippen molar-refractivity contribution in [2.24, 2.45) is 0 Å². The number of rotatable bonds is 4. The zero-order chi connectivity index (χ0) is 14.0. The third-order valence-corrected chi connectivity index (χ3v) is 5.03. The van der Waals surface area contributed by atoms with Gasteiger partial charge in [-0.1, -0.05) is 11.6 Å². The second-order valence-corrected chi connectivity index (χ2v) is 7.06. The minimum absolute atomic E-state index is 0.0243. The van der Waals surface area contributed by atoms with Gasteiger partial charge in [-0.15, -0.1) is 22.9 Å². The topological polar surface area (TPSA) is 40.5 Å². The lowest BCUT2D eigenvalue weighted by Crippen LogP contribution is -2.39. The van der Waals surface area contributed by atoms with Gasteiger partial charge in [0.05, 0.1) is 10.4 Å². The smallest absolute Gasteiger partial charge is 0.238 e. The summed E-state index contributed by atoms with van der Waals surface area (Å²) in [6.07, 6.45) is 1.92. The van der Waals surface area contributed by atoms with E-state index >= 15 is 0 Å². The van der Waals surface area contributed by atoms with E-state index in [-0.39, 0.29) is 23.9 Å². The maximum atomic E-state index is 12.0. The number of aliphatic hydroxyl groups is 1. The van der Waals surface area contributed by atoms with Crippen LogP contribution in [0.1, 0.15) is 29.7 Å². The molecule has 1 saturated carbocycles. The van der Waals surface area contributed by atoms with Crippen molar-refractivity contribution in [2.45, 2.75) is 44.9 Å². The first-order valence-corrected chi connectivity index (χ1v) is 8.02. The zero-order valence-corrected chi connectivity index (χ0v) is 13.1. The summed E-state index contributed by atoms with van der Waals surface area (Å²) in [7, 11) is 0. The Hall–Kier alpha value is -0.290. The van der Waals surface area contributed by atoms with Crippen molar-refractivity contribution in [3.63, 3.8) is 0 Å². The van der Waals surface area contributed by atoms with Gasteiger partial charge in [0.15, 0.2) is 0 Å². The van der Waals surface area contributed by atoms with E-state index in [4.69, 9.17) is 23.2 Å². The summed E-state index contributed by atoms with van der Waals surface area (Å²) in [5.74, 6) is -0.105. The summed E-state index contributed by atoms with van der Waals surface area (Å²) >= 11 is 13.2. The number of amides is 1. The maximum Gasteiger partial charge on any atom is 0.238 e. The number of hydrogen-bond acceptors (Lipinski definition) is 3. The largest absolute Gasteiger partial charge is 0.393 e. The van der Waals surface area contributed by atoms with Crippen LogP contribution in [0.25, 0.3) is 0 Å². The fraction of sp³-hybridized carbons (Fsp3) is 0.615. The Kier molecular flexibility index (Phi) is 5.12. The lowest BCUT2D eigenvalue weighted by Gasteiger charge is -2.28. The highest BCUT2D eigenvalue weighted by Gasteiger charge is 2.31. The third-order valence-electron chi connectivity index (χ3n) is 3.58. The van der Waals surface area contributed by atoms with Crippen LogP contribution in [0, 0.1) is 6.92 Å². The van der Waals surface area contributed by atoms with E-state index in [0.717, 1.165) is 27.6 Å². The molecule has 1 heterocycles. The number of aliphatic hydroxyl groups excluding tert-OH is 1. The molecule has 1 aromatic rings. The first-order valence-electron chi connectivity index (χ1n) is 6.29. The molecule has 1 aliphatic carbocycles. The third kappa shape index (κ3) is 3.63. The van der Waals surface area contributed by atoms with E-state index in [1.54, 1.807) is 4.90 Å². The molecule has 2 rings (SSSR count). The van der Waals surface area contributed by atoms with Crippen LogP contribution in [-0.4, -0.2) is 33.9 Å². The number of hydrogen-bond donors (Lipinski definition) is 1. The van der Waals surface area contributed by atoms with E-state index in [9.17, 15) is 9.90 Å². The normalized spacial score (nSPS) is 22.7. The van der Waals surface area contributed by atoms with Crippen molar-refractivity contribution in [2.75, 3.05) is 5.88 Å². The van der Waals surface area contributed by atoms with Crippen LogP contribution in [0.15, 0.2) is 6.07 Å². The van der Waals surface area contributed by atoms with E-state index in [0.29, 0.717) is 13.0 Å². The van der Waals surface area contributed by atoms with Crippen LogP contribution >= 0.6 is 34.5 Å². The second kappa shape index (κ2) is 6.44. The van der Waals surface area contributed by atoms with Gasteiger partial charge in [-0.05, 0) is 37.8 Å². The molecular formula is C13H17Cl2NO2S. The van der Waals surface area contributed by atoms with E-state index < -0.39 is 0 Å². The van der Waals surface area contributed by atoms with Gasteiger partial charge < -0.3 is 10.0 Å². The van der Waals surface area contributed by atoms with Gasteiger partial charge in [-0.2, -0.15) is 0 Å². The van der Waals surface area contributed by atoms with E-state index in [1.165, 1.54) is 11.3 Å². The summed E-state index contributed by atoms with van der Waals surface area (Å²) in [4.78, 5) is 14.9. The quantitative estimate of drug-likeness (QED) is 0.865. The predicted octanol–water partition coefficient (Wildman–Crippen LogP) is 3.19. The molecule has 1 fully saturated rings. The number of nitrogens with zero attached hydrogens (tertiary/aromatic N) is 1. The fourth-order valence-electron chi connectivity index (χ4n) is 2.54. The Labute approximate surface area is 127 Å². The second-order valence-electron chi connectivity index (χ2n) is 4.91. The van der Waals surface area contributed by atoms with Crippen molar-refractivity contribution in [3.8, 4) is 0 Å². The molecule has 0 radical (unpaired) electrons. The molecule has 106 valence electrons.